The van der Waals surface area contributed by atoms with Gasteiger partial charge in [0, 0.05) is 17.6 Å². The van der Waals surface area contributed by atoms with E-state index in [0.717, 1.165) is 17.3 Å². The molecule has 0 unspecified atom stereocenters. The lowest BCUT2D eigenvalue weighted by Gasteiger charge is -2.13. The summed E-state index contributed by atoms with van der Waals surface area (Å²) in [7, 11) is 0. The number of nitrogens with zero attached hydrogens (tertiary/aromatic N) is 2. The number of hydrogen-bond donors (Lipinski definition) is 1. The molecule has 1 N–H and O–H groups in total. The molecular formula is C24H20N2O5S. The van der Waals surface area contributed by atoms with Crippen LogP contribution in [0.5, 0.6) is 5.75 Å². The van der Waals surface area contributed by atoms with E-state index in [1.165, 1.54) is 11.0 Å². The van der Waals surface area contributed by atoms with E-state index in [4.69, 9.17) is 4.74 Å². The number of aromatic nitrogens is 1. The highest BCUT2D eigenvalue weighted by Crippen LogP contribution is 2.32. The van der Waals surface area contributed by atoms with Crippen molar-refractivity contribution in [3.63, 3.8) is 0 Å². The maximum Gasteiger partial charge on any atom is 0.335 e. The van der Waals surface area contributed by atoms with E-state index < -0.39 is 5.97 Å². The number of aromatic carboxylic acids is 1. The fraction of sp³-hybridized carbons (Fsp3) is 0.125. The van der Waals surface area contributed by atoms with Gasteiger partial charge in [-0.25, -0.2) is 4.79 Å². The Balaban J connectivity index is 1.48. The van der Waals surface area contributed by atoms with Gasteiger partial charge in [0.25, 0.3) is 11.1 Å². The monoisotopic (exact) mass is 448 g/mol. The number of carbonyl (C=O) groups is 3. The first-order chi connectivity index (χ1) is 15.4. The zero-order valence-electron chi connectivity index (χ0n) is 17.2. The molecule has 2 amide bonds. The number of benzene rings is 2. The first kappa shape index (κ1) is 21.5. The maximum atomic E-state index is 12.8. The van der Waals surface area contributed by atoms with Crippen LogP contribution in [0.25, 0.3) is 11.8 Å². The zero-order valence-corrected chi connectivity index (χ0v) is 18.0. The summed E-state index contributed by atoms with van der Waals surface area (Å²) < 4.78 is 7.41. The minimum atomic E-state index is -1.02. The predicted octanol–water partition coefficient (Wildman–Crippen LogP) is 4.60. The smallest absolute Gasteiger partial charge is 0.335 e. The van der Waals surface area contributed by atoms with Gasteiger partial charge in [-0.3, -0.25) is 14.5 Å². The molecule has 32 heavy (non-hydrogen) atoms. The number of imide groups is 1. The second-order valence-corrected chi connectivity index (χ2v) is 8.15. The van der Waals surface area contributed by atoms with Crippen LogP contribution in [0.2, 0.25) is 0 Å². The van der Waals surface area contributed by atoms with Crippen molar-refractivity contribution in [1.29, 1.82) is 0 Å². The van der Waals surface area contributed by atoms with Gasteiger partial charge in [0.2, 0.25) is 0 Å². The summed E-state index contributed by atoms with van der Waals surface area (Å²) in [6.45, 7) is 2.33. The van der Waals surface area contributed by atoms with Gasteiger partial charge in [0.05, 0.1) is 17.0 Å². The van der Waals surface area contributed by atoms with Crippen molar-refractivity contribution >= 4 is 35.0 Å². The van der Waals surface area contributed by atoms with E-state index in [-0.39, 0.29) is 29.9 Å². The van der Waals surface area contributed by atoms with Crippen LogP contribution >= 0.6 is 11.8 Å². The average Bonchev–Trinajstić information content (AvgIpc) is 3.35. The fourth-order valence-electron chi connectivity index (χ4n) is 3.25. The van der Waals surface area contributed by atoms with E-state index in [0.29, 0.717) is 22.0 Å². The van der Waals surface area contributed by atoms with Gasteiger partial charge in [-0.05, 0) is 67.2 Å². The Labute approximate surface area is 188 Å². The molecule has 0 radical (unpaired) electrons. The van der Waals surface area contributed by atoms with Crippen molar-refractivity contribution in [2.24, 2.45) is 0 Å². The molecule has 1 aliphatic rings. The molecule has 0 aliphatic carbocycles. The molecule has 1 fully saturated rings. The highest BCUT2D eigenvalue weighted by Gasteiger charge is 2.35. The molecule has 1 aromatic heterocycles. The normalized spacial score (nSPS) is 14.9. The van der Waals surface area contributed by atoms with Gasteiger partial charge < -0.3 is 14.4 Å². The first-order valence-electron chi connectivity index (χ1n) is 9.88. The first-order valence-corrected chi connectivity index (χ1v) is 10.7. The van der Waals surface area contributed by atoms with E-state index in [9.17, 15) is 19.5 Å². The predicted molar refractivity (Wildman–Crippen MR) is 122 cm³/mol. The third-order valence-electron chi connectivity index (χ3n) is 4.91. The summed E-state index contributed by atoms with van der Waals surface area (Å²) in [4.78, 5) is 37.9. The molecular weight excluding hydrogens is 428 g/mol. The average molecular weight is 449 g/mol. The summed E-state index contributed by atoms with van der Waals surface area (Å²) in [6.07, 6.45) is 3.41. The van der Waals surface area contributed by atoms with Crippen molar-refractivity contribution in [1.82, 2.24) is 9.47 Å². The summed E-state index contributed by atoms with van der Waals surface area (Å²) in [5.41, 5.74) is 2.59. The van der Waals surface area contributed by atoms with Crippen molar-refractivity contribution in [2.75, 3.05) is 13.2 Å². The molecule has 162 valence electrons. The molecule has 1 aliphatic heterocycles. The summed E-state index contributed by atoms with van der Waals surface area (Å²) in [6, 6.07) is 17.6. The Morgan fingerprint density at radius 3 is 2.62 bits per heavy atom. The Kier molecular flexibility index (Phi) is 6.13. The molecule has 0 saturated carbocycles. The number of carbonyl (C=O) groups excluding carboxylic acids is 2. The number of rotatable bonds is 7. The van der Waals surface area contributed by atoms with E-state index in [1.54, 1.807) is 47.2 Å². The van der Waals surface area contributed by atoms with Gasteiger partial charge in [-0.15, -0.1) is 0 Å². The number of hydrogen-bond acceptors (Lipinski definition) is 5. The molecule has 2 heterocycles. The molecule has 2 aromatic carbocycles. The molecule has 0 bridgehead atoms. The van der Waals surface area contributed by atoms with Crippen LogP contribution < -0.4 is 4.74 Å². The summed E-state index contributed by atoms with van der Waals surface area (Å²) in [5, 5.41) is 8.88. The van der Waals surface area contributed by atoms with Crippen LogP contribution in [0.3, 0.4) is 0 Å². The van der Waals surface area contributed by atoms with Crippen molar-refractivity contribution in [3.05, 3.63) is 88.6 Å². The van der Waals surface area contributed by atoms with Crippen LogP contribution in [-0.4, -0.2) is 44.8 Å². The van der Waals surface area contributed by atoms with E-state index in [1.807, 2.05) is 31.2 Å². The quantitative estimate of drug-likeness (QED) is 0.532. The van der Waals surface area contributed by atoms with Crippen LogP contribution in [0, 0.1) is 6.92 Å². The lowest BCUT2D eigenvalue weighted by molar-refractivity contribution is -0.123. The second kappa shape index (κ2) is 9.15. The zero-order chi connectivity index (χ0) is 22.7. The van der Waals surface area contributed by atoms with Crippen LogP contribution in [-0.2, 0) is 4.79 Å². The third-order valence-corrected chi connectivity index (χ3v) is 5.82. The van der Waals surface area contributed by atoms with E-state index >= 15 is 0 Å². The lowest BCUT2D eigenvalue weighted by atomic mass is 10.2. The van der Waals surface area contributed by atoms with E-state index in [2.05, 4.69) is 0 Å². The molecule has 1 saturated heterocycles. The molecule has 7 nitrogen and oxygen atoms in total. The number of thioether (sulfide) groups is 1. The number of carboxylic acids is 1. The topological polar surface area (TPSA) is 88.8 Å². The van der Waals surface area contributed by atoms with Gasteiger partial charge >= 0.3 is 5.97 Å². The van der Waals surface area contributed by atoms with Crippen molar-refractivity contribution in [2.45, 2.75) is 6.92 Å². The largest absolute Gasteiger partial charge is 0.492 e. The molecule has 3 aromatic rings. The van der Waals surface area contributed by atoms with Crippen molar-refractivity contribution < 1.29 is 24.2 Å². The summed E-state index contributed by atoms with van der Waals surface area (Å²) in [5.74, 6) is -0.714. The maximum absolute atomic E-state index is 12.8. The fourth-order valence-corrected chi connectivity index (χ4v) is 4.10. The highest BCUT2D eigenvalue weighted by atomic mass is 32.2. The molecule has 0 spiro atoms. The van der Waals surface area contributed by atoms with Gasteiger partial charge in [-0.2, -0.15) is 0 Å². The van der Waals surface area contributed by atoms with Crippen LogP contribution in [0.1, 0.15) is 21.6 Å². The second-order valence-electron chi connectivity index (χ2n) is 7.15. The number of amides is 2. The highest BCUT2D eigenvalue weighted by molar-refractivity contribution is 8.18. The lowest BCUT2D eigenvalue weighted by Crippen LogP contribution is -2.32. The number of aryl methyl sites for hydroxylation is 1. The van der Waals surface area contributed by atoms with Gasteiger partial charge in [0.1, 0.15) is 12.4 Å². The Bertz CT molecular complexity index is 1210. The number of ether oxygens (including phenoxy) is 1. The Hall–Kier alpha value is -3.78. The van der Waals surface area contributed by atoms with Gasteiger partial charge in [0.15, 0.2) is 0 Å². The molecule has 0 atom stereocenters. The Morgan fingerprint density at radius 2 is 1.88 bits per heavy atom. The van der Waals surface area contributed by atoms with Gasteiger partial charge in [-0.1, -0.05) is 23.8 Å². The minimum Gasteiger partial charge on any atom is -0.492 e. The standard InChI is InChI=1S/C24H20N2O5S/c1-16-7-9-20(10-8-16)31-13-12-26-22(27)21(32-24(26)30)15-19-6-3-11-25(19)18-5-2-4-17(14-18)23(28)29/h2-11,14-15H,12-13H2,1H3,(H,28,29)/b21-15-. The third kappa shape index (κ3) is 4.60. The SMILES string of the molecule is Cc1ccc(OCCN2C(=O)S/C(=C\c3cccn3-c3cccc(C(=O)O)c3)C2=O)cc1. The van der Waals surface area contributed by atoms with Crippen LogP contribution in [0.4, 0.5) is 4.79 Å². The molecule has 8 heteroatoms. The number of carboxylic acid groups (broad SMARTS) is 1. The van der Waals surface area contributed by atoms with Crippen LogP contribution in [0.15, 0.2) is 71.8 Å². The minimum absolute atomic E-state index is 0.150. The summed E-state index contributed by atoms with van der Waals surface area (Å²) >= 11 is 0.876. The molecule has 4 rings (SSSR count). The Morgan fingerprint density at radius 1 is 1.09 bits per heavy atom. The van der Waals surface area contributed by atoms with Crippen molar-refractivity contribution in [3.8, 4) is 11.4 Å².